The average Bonchev–Trinajstić information content (AvgIpc) is 2.91. The number of ether oxygens (including phenoxy) is 1. The highest BCUT2D eigenvalue weighted by Crippen LogP contribution is 2.32. The van der Waals surface area contributed by atoms with Crippen LogP contribution in [0.1, 0.15) is 23.7 Å². The Hall–Kier alpha value is -2.15. The second kappa shape index (κ2) is 6.74. The molecule has 0 spiro atoms. The third-order valence-electron chi connectivity index (χ3n) is 3.92. The molecule has 0 aliphatic carbocycles. The van der Waals surface area contributed by atoms with Gasteiger partial charge in [-0.3, -0.25) is 9.59 Å². The molecule has 0 bridgehead atoms. The predicted octanol–water partition coefficient (Wildman–Crippen LogP) is 0.759. The van der Waals surface area contributed by atoms with Crippen LogP contribution in [0.3, 0.4) is 0 Å². The molecule has 2 N–H and O–H groups in total. The van der Waals surface area contributed by atoms with Crippen LogP contribution in [0.4, 0.5) is 5.82 Å². The molecule has 1 aromatic heterocycles. The molecule has 2 heterocycles. The number of carboxylic acid groups (broad SMARTS) is 1. The molecule has 1 atom stereocenters. The van der Waals surface area contributed by atoms with E-state index < -0.39 is 11.4 Å². The SMILES string of the molecule is COCCNC(=O)c1ccc(N2CCC(C)(C(=O)O)C2)nc1. The van der Waals surface area contributed by atoms with E-state index in [1.165, 1.54) is 6.20 Å². The number of carbonyl (C=O) groups is 2. The highest BCUT2D eigenvalue weighted by molar-refractivity contribution is 5.94. The quantitative estimate of drug-likeness (QED) is 0.754. The molecule has 1 aromatic rings. The Morgan fingerprint density at radius 3 is 2.82 bits per heavy atom. The molecule has 7 nitrogen and oxygen atoms in total. The van der Waals surface area contributed by atoms with Gasteiger partial charge >= 0.3 is 5.97 Å². The summed E-state index contributed by atoms with van der Waals surface area (Å²) in [5, 5.41) is 12.0. The fourth-order valence-electron chi connectivity index (χ4n) is 2.41. The van der Waals surface area contributed by atoms with E-state index in [4.69, 9.17) is 4.74 Å². The summed E-state index contributed by atoms with van der Waals surface area (Å²) < 4.78 is 4.87. The maximum atomic E-state index is 11.8. The second-order valence-corrected chi connectivity index (χ2v) is 5.69. The van der Waals surface area contributed by atoms with Crippen LogP contribution in [0.15, 0.2) is 18.3 Å². The van der Waals surface area contributed by atoms with Crippen molar-refractivity contribution in [2.24, 2.45) is 5.41 Å². The molecule has 1 saturated heterocycles. The summed E-state index contributed by atoms with van der Waals surface area (Å²) in [6.07, 6.45) is 2.09. The summed E-state index contributed by atoms with van der Waals surface area (Å²) in [6, 6.07) is 3.44. The van der Waals surface area contributed by atoms with E-state index in [-0.39, 0.29) is 5.91 Å². The van der Waals surface area contributed by atoms with Crippen molar-refractivity contribution in [2.45, 2.75) is 13.3 Å². The van der Waals surface area contributed by atoms with Crippen LogP contribution in [0.5, 0.6) is 0 Å². The Balaban J connectivity index is 1.98. The van der Waals surface area contributed by atoms with Gasteiger partial charge in [-0.25, -0.2) is 4.98 Å². The number of anilines is 1. The highest BCUT2D eigenvalue weighted by Gasteiger charge is 2.40. The number of hydrogen-bond donors (Lipinski definition) is 2. The standard InChI is InChI=1S/C15H21N3O4/c1-15(14(20)21)5-7-18(10-15)12-4-3-11(9-17-12)13(19)16-6-8-22-2/h3-4,9H,5-8,10H2,1-2H3,(H,16,19)(H,20,21). The number of pyridine rings is 1. The maximum Gasteiger partial charge on any atom is 0.311 e. The van der Waals surface area contributed by atoms with Gasteiger partial charge < -0.3 is 20.1 Å². The molecule has 0 radical (unpaired) electrons. The molecule has 1 aliphatic heterocycles. The van der Waals surface area contributed by atoms with Crippen molar-refractivity contribution in [3.8, 4) is 0 Å². The van der Waals surface area contributed by atoms with Gasteiger partial charge in [0.2, 0.25) is 0 Å². The summed E-state index contributed by atoms with van der Waals surface area (Å²) in [6.45, 7) is 3.72. The molecule has 120 valence electrons. The van der Waals surface area contributed by atoms with E-state index in [9.17, 15) is 14.7 Å². The van der Waals surface area contributed by atoms with Gasteiger partial charge in [-0.2, -0.15) is 0 Å². The number of carbonyl (C=O) groups excluding carboxylic acids is 1. The molecule has 1 fully saturated rings. The van der Waals surface area contributed by atoms with Crippen LogP contribution in [0, 0.1) is 5.41 Å². The Kier molecular flexibility index (Phi) is 4.97. The van der Waals surface area contributed by atoms with Gasteiger partial charge in [-0.15, -0.1) is 0 Å². The highest BCUT2D eigenvalue weighted by atomic mass is 16.5. The Bertz CT molecular complexity index is 546. The first-order chi connectivity index (χ1) is 10.5. The zero-order valence-electron chi connectivity index (χ0n) is 12.8. The largest absolute Gasteiger partial charge is 0.481 e. The molecule has 1 unspecified atom stereocenters. The molecular formula is C15H21N3O4. The molecule has 22 heavy (non-hydrogen) atoms. The molecule has 0 saturated carbocycles. The van der Waals surface area contributed by atoms with Crippen molar-refractivity contribution in [2.75, 3.05) is 38.3 Å². The van der Waals surface area contributed by atoms with E-state index in [1.807, 2.05) is 4.90 Å². The van der Waals surface area contributed by atoms with Crippen molar-refractivity contribution < 1.29 is 19.4 Å². The van der Waals surface area contributed by atoms with Crippen LogP contribution in [0.2, 0.25) is 0 Å². The van der Waals surface area contributed by atoms with E-state index in [2.05, 4.69) is 10.3 Å². The predicted molar refractivity (Wildman–Crippen MR) is 81.0 cm³/mol. The van der Waals surface area contributed by atoms with Crippen LogP contribution < -0.4 is 10.2 Å². The second-order valence-electron chi connectivity index (χ2n) is 5.69. The Labute approximate surface area is 129 Å². The van der Waals surface area contributed by atoms with Crippen molar-refractivity contribution in [1.29, 1.82) is 0 Å². The lowest BCUT2D eigenvalue weighted by Crippen LogP contribution is -2.32. The summed E-state index contributed by atoms with van der Waals surface area (Å²) in [7, 11) is 1.57. The molecule has 1 aliphatic rings. The van der Waals surface area contributed by atoms with Crippen molar-refractivity contribution in [1.82, 2.24) is 10.3 Å². The summed E-state index contributed by atoms with van der Waals surface area (Å²) in [5.41, 5.74) is -0.266. The van der Waals surface area contributed by atoms with Crippen LogP contribution in [-0.4, -0.2) is 55.3 Å². The normalized spacial score (nSPS) is 20.9. The van der Waals surface area contributed by atoms with E-state index in [1.54, 1.807) is 26.2 Å². The number of nitrogens with zero attached hydrogens (tertiary/aromatic N) is 2. The maximum absolute atomic E-state index is 11.8. The number of hydrogen-bond acceptors (Lipinski definition) is 5. The molecule has 1 amide bonds. The lowest BCUT2D eigenvalue weighted by Gasteiger charge is -2.20. The first kappa shape index (κ1) is 16.2. The fraction of sp³-hybridized carbons (Fsp3) is 0.533. The van der Waals surface area contributed by atoms with Gasteiger partial charge in [0, 0.05) is 32.9 Å². The minimum atomic E-state index is -0.788. The minimum Gasteiger partial charge on any atom is -0.481 e. The zero-order chi connectivity index (χ0) is 16.2. The number of methoxy groups -OCH3 is 1. The topological polar surface area (TPSA) is 91.8 Å². The number of aromatic nitrogens is 1. The average molecular weight is 307 g/mol. The number of nitrogens with one attached hydrogen (secondary N) is 1. The van der Waals surface area contributed by atoms with Gasteiger partial charge in [0.05, 0.1) is 17.6 Å². The Morgan fingerprint density at radius 2 is 2.27 bits per heavy atom. The Morgan fingerprint density at radius 1 is 1.50 bits per heavy atom. The van der Waals surface area contributed by atoms with Crippen LogP contribution in [0.25, 0.3) is 0 Å². The lowest BCUT2D eigenvalue weighted by atomic mass is 9.90. The van der Waals surface area contributed by atoms with Crippen molar-refractivity contribution in [3.63, 3.8) is 0 Å². The third-order valence-corrected chi connectivity index (χ3v) is 3.92. The van der Waals surface area contributed by atoms with E-state index in [0.29, 0.717) is 44.0 Å². The minimum absolute atomic E-state index is 0.201. The number of rotatable bonds is 6. The van der Waals surface area contributed by atoms with Crippen LogP contribution >= 0.6 is 0 Å². The third kappa shape index (κ3) is 3.54. The van der Waals surface area contributed by atoms with E-state index >= 15 is 0 Å². The molecular weight excluding hydrogens is 286 g/mol. The van der Waals surface area contributed by atoms with Crippen LogP contribution in [-0.2, 0) is 9.53 Å². The summed E-state index contributed by atoms with van der Waals surface area (Å²) >= 11 is 0. The number of carboxylic acids is 1. The van der Waals surface area contributed by atoms with Crippen molar-refractivity contribution in [3.05, 3.63) is 23.9 Å². The number of aliphatic carboxylic acids is 1. The smallest absolute Gasteiger partial charge is 0.311 e. The molecule has 7 heteroatoms. The number of amides is 1. The molecule has 2 rings (SSSR count). The first-order valence-electron chi connectivity index (χ1n) is 7.18. The first-order valence-corrected chi connectivity index (χ1v) is 7.18. The monoisotopic (exact) mass is 307 g/mol. The van der Waals surface area contributed by atoms with Gasteiger partial charge in [-0.1, -0.05) is 0 Å². The van der Waals surface area contributed by atoms with Crippen molar-refractivity contribution >= 4 is 17.7 Å². The van der Waals surface area contributed by atoms with Gasteiger partial charge in [0.25, 0.3) is 5.91 Å². The molecule has 0 aromatic carbocycles. The van der Waals surface area contributed by atoms with E-state index in [0.717, 1.165) is 0 Å². The zero-order valence-corrected chi connectivity index (χ0v) is 12.8. The van der Waals surface area contributed by atoms with Gasteiger partial charge in [0.15, 0.2) is 0 Å². The van der Waals surface area contributed by atoms with Gasteiger partial charge in [-0.05, 0) is 25.5 Å². The fourth-order valence-corrected chi connectivity index (χ4v) is 2.41. The summed E-state index contributed by atoms with van der Waals surface area (Å²) in [4.78, 5) is 29.3. The summed E-state index contributed by atoms with van der Waals surface area (Å²) in [5.74, 6) is -0.296. The lowest BCUT2D eigenvalue weighted by molar-refractivity contribution is -0.146. The van der Waals surface area contributed by atoms with Gasteiger partial charge in [0.1, 0.15) is 5.82 Å².